The van der Waals surface area contributed by atoms with Crippen LogP contribution in [0.2, 0.25) is 0 Å². The fraction of sp³-hybridized carbons (Fsp3) is 0.412. The van der Waals surface area contributed by atoms with Gasteiger partial charge in [0.05, 0.1) is 12.2 Å². The van der Waals surface area contributed by atoms with Crippen molar-refractivity contribution in [2.45, 2.75) is 26.4 Å². The van der Waals surface area contributed by atoms with Crippen LogP contribution in [-0.2, 0) is 11.3 Å². The molecule has 1 unspecified atom stereocenters. The Morgan fingerprint density at radius 2 is 2.09 bits per heavy atom. The molecule has 0 saturated carbocycles. The van der Waals surface area contributed by atoms with Crippen LogP contribution in [0.3, 0.4) is 0 Å². The zero-order valence-electron chi connectivity index (χ0n) is 13.7. The molecule has 1 aliphatic rings. The highest BCUT2D eigenvalue weighted by Crippen LogP contribution is 2.18. The average Bonchev–Trinajstić information content (AvgIpc) is 2.86. The number of piperazine rings is 1. The number of aryl methyl sites for hydroxylation is 1. The van der Waals surface area contributed by atoms with Gasteiger partial charge in [-0.25, -0.2) is 9.07 Å². The Hall–Kier alpha value is -2.21. The van der Waals surface area contributed by atoms with Gasteiger partial charge >= 0.3 is 0 Å². The third-order valence-corrected chi connectivity index (χ3v) is 4.43. The topological polar surface area (TPSA) is 41.4 Å². The smallest absolute Gasteiger partial charge is 0.236 e. The summed E-state index contributed by atoms with van der Waals surface area (Å²) in [6.45, 7) is 5.83. The van der Waals surface area contributed by atoms with Gasteiger partial charge in [-0.2, -0.15) is 5.10 Å². The summed E-state index contributed by atoms with van der Waals surface area (Å²) < 4.78 is 15.5. The van der Waals surface area contributed by atoms with Gasteiger partial charge in [-0.3, -0.25) is 9.69 Å². The molecule has 1 amide bonds. The van der Waals surface area contributed by atoms with Gasteiger partial charge in [-0.05, 0) is 26.0 Å². The first-order valence-corrected chi connectivity index (χ1v) is 7.73. The van der Waals surface area contributed by atoms with Crippen molar-refractivity contribution in [1.82, 2.24) is 19.6 Å². The third-order valence-electron chi connectivity index (χ3n) is 4.43. The molecule has 5 nitrogen and oxygen atoms in total. The minimum Gasteiger partial charge on any atom is -0.341 e. The Bertz CT molecular complexity index is 727. The standard InChI is InChI=1S/C17H21FN4O/c1-12-8-21(11-17(23)20(12)3)9-14-10-22(19-13(14)2)16-7-5-4-6-15(16)18/h4-7,10,12H,8-9,11H2,1-3H3. The highest BCUT2D eigenvalue weighted by molar-refractivity contribution is 5.79. The summed E-state index contributed by atoms with van der Waals surface area (Å²) in [7, 11) is 1.84. The quantitative estimate of drug-likeness (QED) is 0.869. The van der Waals surface area contributed by atoms with E-state index in [-0.39, 0.29) is 17.8 Å². The SMILES string of the molecule is Cc1nn(-c2ccccc2F)cc1CN1CC(=O)N(C)C(C)C1. The fourth-order valence-corrected chi connectivity index (χ4v) is 2.88. The molecule has 6 heteroatoms. The zero-order valence-corrected chi connectivity index (χ0v) is 13.7. The second kappa shape index (κ2) is 6.12. The summed E-state index contributed by atoms with van der Waals surface area (Å²) in [4.78, 5) is 15.9. The van der Waals surface area contributed by atoms with Crippen molar-refractivity contribution in [3.63, 3.8) is 0 Å². The average molecular weight is 316 g/mol. The van der Waals surface area contributed by atoms with Crippen LogP contribution in [-0.4, -0.2) is 51.7 Å². The summed E-state index contributed by atoms with van der Waals surface area (Å²) in [5, 5.41) is 4.41. The number of nitrogens with zero attached hydrogens (tertiary/aromatic N) is 4. The molecule has 1 aromatic heterocycles. The Morgan fingerprint density at radius 1 is 1.35 bits per heavy atom. The molecule has 1 atom stereocenters. The molecule has 1 aromatic carbocycles. The van der Waals surface area contributed by atoms with E-state index in [0.717, 1.165) is 17.8 Å². The first kappa shape index (κ1) is 15.7. The van der Waals surface area contributed by atoms with Gasteiger partial charge in [0.15, 0.2) is 0 Å². The van der Waals surface area contributed by atoms with E-state index >= 15 is 0 Å². The normalized spacial score (nSPS) is 19.4. The maximum atomic E-state index is 13.9. The lowest BCUT2D eigenvalue weighted by molar-refractivity contribution is -0.137. The number of rotatable bonds is 3. The van der Waals surface area contributed by atoms with E-state index in [2.05, 4.69) is 10.00 Å². The van der Waals surface area contributed by atoms with Gasteiger partial charge in [-0.1, -0.05) is 12.1 Å². The van der Waals surface area contributed by atoms with Crippen molar-refractivity contribution in [2.75, 3.05) is 20.1 Å². The maximum Gasteiger partial charge on any atom is 0.236 e. The summed E-state index contributed by atoms with van der Waals surface area (Å²) >= 11 is 0. The van der Waals surface area contributed by atoms with Gasteiger partial charge in [0.2, 0.25) is 5.91 Å². The van der Waals surface area contributed by atoms with Gasteiger partial charge in [0, 0.05) is 37.9 Å². The number of aromatic nitrogens is 2. The number of para-hydroxylation sites is 1. The highest BCUT2D eigenvalue weighted by Gasteiger charge is 2.27. The van der Waals surface area contributed by atoms with E-state index in [4.69, 9.17) is 0 Å². The van der Waals surface area contributed by atoms with Crippen molar-refractivity contribution < 1.29 is 9.18 Å². The predicted octanol–water partition coefficient (Wildman–Crippen LogP) is 1.98. The van der Waals surface area contributed by atoms with E-state index in [1.807, 2.05) is 27.1 Å². The molecule has 3 rings (SSSR count). The molecule has 0 aliphatic carbocycles. The molecule has 0 bridgehead atoms. The van der Waals surface area contributed by atoms with E-state index < -0.39 is 0 Å². The molecular weight excluding hydrogens is 295 g/mol. The molecule has 23 heavy (non-hydrogen) atoms. The number of likely N-dealkylation sites (N-methyl/N-ethyl adjacent to an activating group) is 1. The number of halogens is 1. The van der Waals surface area contributed by atoms with E-state index in [1.54, 1.807) is 27.8 Å². The molecule has 2 aromatic rings. The number of hydrogen-bond acceptors (Lipinski definition) is 3. The third kappa shape index (κ3) is 3.12. The van der Waals surface area contributed by atoms with Gasteiger partial charge < -0.3 is 4.90 Å². The Balaban J connectivity index is 1.80. The van der Waals surface area contributed by atoms with Crippen LogP contribution in [0, 0.1) is 12.7 Å². The number of carbonyl (C=O) groups is 1. The molecule has 1 aliphatic heterocycles. The minimum atomic E-state index is -0.301. The number of amides is 1. The summed E-state index contributed by atoms with van der Waals surface area (Å²) in [5.41, 5.74) is 2.30. The fourth-order valence-electron chi connectivity index (χ4n) is 2.88. The van der Waals surface area contributed by atoms with Crippen LogP contribution in [0.4, 0.5) is 4.39 Å². The second-order valence-corrected chi connectivity index (χ2v) is 6.16. The first-order valence-electron chi connectivity index (χ1n) is 7.73. The maximum absolute atomic E-state index is 13.9. The van der Waals surface area contributed by atoms with Crippen molar-refractivity contribution in [2.24, 2.45) is 0 Å². The zero-order chi connectivity index (χ0) is 16.6. The van der Waals surface area contributed by atoms with Crippen molar-refractivity contribution in [1.29, 1.82) is 0 Å². The molecule has 0 N–H and O–H groups in total. The van der Waals surface area contributed by atoms with Crippen LogP contribution >= 0.6 is 0 Å². The molecule has 0 radical (unpaired) electrons. The molecular formula is C17H21FN4O. The van der Waals surface area contributed by atoms with Gasteiger partial charge in [0.1, 0.15) is 11.5 Å². The second-order valence-electron chi connectivity index (χ2n) is 6.16. The lowest BCUT2D eigenvalue weighted by atomic mass is 10.1. The van der Waals surface area contributed by atoms with Crippen molar-refractivity contribution >= 4 is 5.91 Å². The first-order chi connectivity index (χ1) is 11.0. The highest BCUT2D eigenvalue weighted by atomic mass is 19.1. The molecule has 1 fully saturated rings. The Labute approximate surface area is 135 Å². The van der Waals surface area contributed by atoms with Gasteiger partial charge in [-0.15, -0.1) is 0 Å². The number of benzene rings is 1. The molecule has 122 valence electrons. The summed E-state index contributed by atoms with van der Waals surface area (Å²) in [5.74, 6) is -0.173. The van der Waals surface area contributed by atoms with Crippen molar-refractivity contribution in [3.05, 3.63) is 47.5 Å². The van der Waals surface area contributed by atoms with Gasteiger partial charge in [0.25, 0.3) is 0 Å². The number of carbonyl (C=O) groups excluding carboxylic acids is 1. The van der Waals surface area contributed by atoms with Crippen LogP contribution in [0.15, 0.2) is 30.5 Å². The minimum absolute atomic E-state index is 0.128. The van der Waals surface area contributed by atoms with Crippen molar-refractivity contribution in [3.8, 4) is 5.69 Å². The van der Waals surface area contributed by atoms with Crippen LogP contribution < -0.4 is 0 Å². The number of hydrogen-bond donors (Lipinski definition) is 0. The Morgan fingerprint density at radius 3 is 2.78 bits per heavy atom. The molecule has 2 heterocycles. The van der Waals surface area contributed by atoms with Crippen LogP contribution in [0.5, 0.6) is 0 Å². The molecule has 1 saturated heterocycles. The van der Waals surface area contributed by atoms with Crippen LogP contribution in [0.25, 0.3) is 5.69 Å². The summed E-state index contributed by atoms with van der Waals surface area (Å²) in [6, 6.07) is 6.77. The van der Waals surface area contributed by atoms with E-state index in [1.165, 1.54) is 6.07 Å². The Kier molecular flexibility index (Phi) is 4.17. The lowest BCUT2D eigenvalue weighted by Gasteiger charge is -2.37. The summed E-state index contributed by atoms with van der Waals surface area (Å²) in [6.07, 6.45) is 1.85. The lowest BCUT2D eigenvalue weighted by Crippen LogP contribution is -2.53. The largest absolute Gasteiger partial charge is 0.341 e. The predicted molar refractivity (Wildman–Crippen MR) is 85.8 cm³/mol. The van der Waals surface area contributed by atoms with Crippen LogP contribution in [0.1, 0.15) is 18.2 Å². The molecule has 0 spiro atoms. The van der Waals surface area contributed by atoms with E-state index in [9.17, 15) is 9.18 Å². The van der Waals surface area contributed by atoms with E-state index in [0.29, 0.717) is 18.8 Å². The monoisotopic (exact) mass is 316 g/mol.